The highest BCUT2D eigenvalue weighted by Gasteiger charge is 2.26. The molecule has 0 unspecified atom stereocenters. The standard InChI is InChI=1S/C37H19N3OS/c1-2-8-20(9-3-1)21-11-6-15-28-35(21)38-37(41-28)40-26-14-7-13-25-31(26)32-27(40)17-19-29-33(32)34-30(42-29)18-16-23-22-10-4-5-12-24(22)39(25)36(23)34/h1-19H. The molecule has 0 aliphatic rings. The SMILES string of the molecule is c1ccc(-c2cccc3oc(-n4c5ccc6sc7ccc8c9ccccc9n9c%10cccc4c%10c5c6c7c89)nc23)cc1. The first kappa shape index (κ1) is 21.4. The smallest absolute Gasteiger partial charge is 0.307 e. The van der Waals surface area contributed by atoms with E-state index in [0.29, 0.717) is 6.01 Å². The van der Waals surface area contributed by atoms with E-state index in [1.54, 1.807) is 0 Å². The first-order chi connectivity index (χ1) is 20.8. The van der Waals surface area contributed by atoms with Gasteiger partial charge in [-0.15, -0.1) is 11.3 Å². The van der Waals surface area contributed by atoms with Gasteiger partial charge in [0, 0.05) is 47.3 Å². The highest BCUT2D eigenvalue weighted by molar-refractivity contribution is 7.26. The molecule has 0 fully saturated rings. The summed E-state index contributed by atoms with van der Waals surface area (Å²) in [6.07, 6.45) is 0. The maximum Gasteiger partial charge on any atom is 0.307 e. The summed E-state index contributed by atoms with van der Waals surface area (Å²) in [5.41, 5.74) is 9.81. The average Bonchev–Trinajstić information content (AvgIpc) is 3.77. The van der Waals surface area contributed by atoms with Crippen molar-refractivity contribution in [3.05, 3.63) is 115 Å². The van der Waals surface area contributed by atoms with Gasteiger partial charge in [-0.05, 0) is 48.0 Å². The topological polar surface area (TPSA) is 35.4 Å². The predicted octanol–water partition coefficient (Wildman–Crippen LogP) is 10.4. The molecule has 11 aromatic rings. The summed E-state index contributed by atoms with van der Waals surface area (Å²) in [4.78, 5) is 5.18. The van der Waals surface area contributed by atoms with Crippen LogP contribution >= 0.6 is 11.3 Å². The van der Waals surface area contributed by atoms with Gasteiger partial charge in [0.05, 0.1) is 27.6 Å². The molecule has 0 saturated heterocycles. The van der Waals surface area contributed by atoms with E-state index in [1.165, 1.54) is 58.3 Å². The van der Waals surface area contributed by atoms with Crippen LogP contribution in [0.3, 0.4) is 0 Å². The molecule has 42 heavy (non-hydrogen) atoms. The fourth-order valence-corrected chi connectivity index (χ4v) is 8.57. The van der Waals surface area contributed by atoms with Crippen LogP contribution in [0.5, 0.6) is 0 Å². The van der Waals surface area contributed by atoms with Crippen LogP contribution in [0.25, 0.3) is 97.5 Å². The quantitative estimate of drug-likeness (QED) is 0.213. The van der Waals surface area contributed by atoms with Crippen LogP contribution in [0, 0.1) is 0 Å². The summed E-state index contributed by atoms with van der Waals surface area (Å²) < 4.78 is 13.9. The van der Waals surface area contributed by atoms with E-state index in [-0.39, 0.29) is 0 Å². The van der Waals surface area contributed by atoms with E-state index in [4.69, 9.17) is 9.40 Å². The van der Waals surface area contributed by atoms with Gasteiger partial charge in [0.25, 0.3) is 0 Å². The van der Waals surface area contributed by atoms with E-state index in [2.05, 4.69) is 106 Å². The molecule has 0 aliphatic carbocycles. The average molecular weight is 554 g/mol. The minimum Gasteiger partial charge on any atom is -0.423 e. The Balaban J connectivity index is 1.37. The number of hydrogen-bond donors (Lipinski definition) is 0. The fourth-order valence-electron chi connectivity index (χ4n) is 7.46. The molecule has 0 atom stereocenters. The molecular formula is C37H19N3OS. The van der Waals surface area contributed by atoms with E-state index < -0.39 is 0 Å². The number of benzene rings is 6. The van der Waals surface area contributed by atoms with Gasteiger partial charge in [-0.25, -0.2) is 0 Å². The third-order valence-corrected chi connectivity index (χ3v) is 10.2. The maximum absolute atomic E-state index is 6.59. The van der Waals surface area contributed by atoms with E-state index in [0.717, 1.165) is 33.3 Å². The Labute approximate surface area is 241 Å². The highest BCUT2D eigenvalue weighted by Crippen LogP contribution is 2.50. The lowest BCUT2D eigenvalue weighted by molar-refractivity contribution is 0.574. The summed E-state index contributed by atoms with van der Waals surface area (Å²) in [5, 5.41) is 7.77. The number of para-hydroxylation sites is 2. The zero-order chi connectivity index (χ0) is 27.1. The Morgan fingerprint density at radius 3 is 2.26 bits per heavy atom. The Bertz CT molecular complexity index is 2850. The van der Waals surface area contributed by atoms with Crippen molar-refractivity contribution in [2.75, 3.05) is 0 Å². The highest BCUT2D eigenvalue weighted by atomic mass is 32.1. The molecule has 5 heteroatoms. The lowest BCUT2D eigenvalue weighted by Gasteiger charge is -2.04. The lowest BCUT2D eigenvalue weighted by atomic mass is 10.0. The van der Waals surface area contributed by atoms with Crippen molar-refractivity contribution in [1.29, 1.82) is 0 Å². The summed E-state index contributed by atoms with van der Waals surface area (Å²) in [5.74, 6) is 0. The summed E-state index contributed by atoms with van der Waals surface area (Å²) in [6.45, 7) is 0. The monoisotopic (exact) mass is 553 g/mol. The lowest BCUT2D eigenvalue weighted by Crippen LogP contribution is -1.94. The van der Waals surface area contributed by atoms with Gasteiger partial charge in [0.15, 0.2) is 5.58 Å². The van der Waals surface area contributed by atoms with Gasteiger partial charge in [-0.3, -0.25) is 4.57 Å². The van der Waals surface area contributed by atoms with E-state index in [1.807, 2.05) is 29.5 Å². The van der Waals surface area contributed by atoms with Gasteiger partial charge in [-0.2, -0.15) is 4.98 Å². The molecule has 0 amide bonds. The fraction of sp³-hybridized carbons (Fsp3) is 0. The molecule has 4 nitrogen and oxygen atoms in total. The molecular weight excluding hydrogens is 534 g/mol. The molecule has 5 aromatic heterocycles. The van der Waals surface area contributed by atoms with Crippen molar-refractivity contribution < 1.29 is 4.42 Å². The second kappa shape index (κ2) is 7.27. The third kappa shape index (κ3) is 2.40. The number of rotatable bonds is 2. The first-order valence-corrected chi connectivity index (χ1v) is 15.0. The van der Waals surface area contributed by atoms with Crippen molar-refractivity contribution >= 4 is 91.7 Å². The van der Waals surface area contributed by atoms with Crippen LogP contribution in [0.1, 0.15) is 0 Å². The van der Waals surface area contributed by atoms with Crippen LogP contribution in [0.2, 0.25) is 0 Å². The molecule has 0 aliphatic heterocycles. The Kier molecular flexibility index (Phi) is 3.70. The molecule has 0 radical (unpaired) electrons. The van der Waals surface area contributed by atoms with Gasteiger partial charge >= 0.3 is 6.01 Å². The van der Waals surface area contributed by atoms with Crippen molar-refractivity contribution in [3.8, 4) is 17.1 Å². The molecule has 0 spiro atoms. The second-order valence-corrected chi connectivity index (χ2v) is 12.2. The molecule has 194 valence electrons. The van der Waals surface area contributed by atoms with Crippen LogP contribution in [-0.2, 0) is 0 Å². The van der Waals surface area contributed by atoms with Gasteiger partial charge < -0.3 is 8.82 Å². The molecule has 5 heterocycles. The maximum atomic E-state index is 6.59. The number of thiophene rings is 1. The first-order valence-electron chi connectivity index (χ1n) is 14.2. The molecule has 11 rings (SSSR count). The third-order valence-electron chi connectivity index (χ3n) is 9.09. The summed E-state index contributed by atoms with van der Waals surface area (Å²) in [6, 6.07) is 41.8. The Hall–Kier alpha value is -5.39. The minimum absolute atomic E-state index is 0.590. The van der Waals surface area contributed by atoms with Crippen molar-refractivity contribution in [2.24, 2.45) is 0 Å². The Morgan fingerprint density at radius 1 is 0.548 bits per heavy atom. The van der Waals surface area contributed by atoms with Crippen LogP contribution in [0.15, 0.2) is 120 Å². The van der Waals surface area contributed by atoms with Gasteiger partial charge in [0.2, 0.25) is 0 Å². The molecule has 0 bridgehead atoms. The molecule has 6 aromatic carbocycles. The Morgan fingerprint density at radius 2 is 1.31 bits per heavy atom. The summed E-state index contributed by atoms with van der Waals surface area (Å²) in [7, 11) is 0. The zero-order valence-electron chi connectivity index (χ0n) is 22.1. The predicted molar refractivity (Wildman–Crippen MR) is 175 cm³/mol. The van der Waals surface area contributed by atoms with Crippen LogP contribution < -0.4 is 0 Å². The van der Waals surface area contributed by atoms with Gasteiger partial charge in [-0.1, -0.05) is 72.8 Å². The van der Waals surface area contributed by atoms with Crippen molar-refractivity contribution in [1.82, 2.24) is 14.0 Å². The van der Waals surface area contributed by atoms with Gasteiger partial charge in [0.1, 0.15) is 5.52 Å². The number of oxazole rings is 1. The van der Waals surface area contributed by atoms with Crippen LogP contribution in [0.4, 0.5) is 0 Å². The minimum atomic E-state index is 0.590. The van der Waals surface area contributed by atoms with Crippen molar-refractivity contribution in [3.63, 3.8) is 0 Å². The van der Waals surface area contributed by atoms with E-state index >= 15 is 0 Å². The largest absolute Gasteiger partial charge is 0.423 e. The number of hydrogen-bond acceptors (Lipinski definition) is 3. The number of aromatic nitrogens is 3. The second-order valence-electron chi connectivity index (χ2n) is 11.1. The van der Waals surface area contributed by atoms with E-state index in [9.17, 15) is 0 Å². The van der Waals surface area contributed by atoms with Crippen molar-refractivity contribution in [2.45, 2.75) is 0 Å². The zero-order valence-corrected chi connectivity index (χ0v) is 22.9. The normalized spacial score (nSPS) is 12.8. The molecule has 0 saturated carbocycles. The van der Waals surface area contributed by atoms with Crippen LogP contribution in [-0.4, -0.2) is 14.0 Å². The molecule has 0 N–H and O–H groups in total. The summed E-state index contributed by atoms with van der Waals surface area (Å²) >= 11 is 1.88. The number of fused-ring (bicyclic) bond motifs is 5. The number of nitrogens with zero attached hydrogens (tertiary/aromatic N) is 3.